The van der Waals surface area contributed by atoms with E-state index in [1.807, 2.05) is 0 Å². The smallest absolute Gasteiger partial charge is 0.227 e. The fraction of sp³-hybridized carbons (Fsp3) is 0.929. The molecule has 1 unspecified atom stereocenters. The highest BCUT2D eigenvalue weighted by Gasteiger charge is 2.39. The van der Waals surface area contributed by atoms with Crippen molar-refractivity contribution in [3.05, 3.63) is 0 Å². The molecule has 1 amide bonds. The van der Waals surface area contributed by atoms with E-state index >= 15 is 0 Å². The molecule has 0 spiro atoms. The lowest BCUT2D eigenvalue weighted by Gasteiger charge is -2.37. The second-order valence-corrected chi connectivity index (χ2v) is 5.94. The lowest BCUT2D eigenvalue weighted by atomic mass is 9.70. The normalized spacial score (nSPS) is 35.9. The van der Waals surface area contributed by atoms with E-state index in [0.717, 1.165) is 25.7 Å². The van der Waals surface area contributed by atoms with Crippen LogP contribution in [0.3, 0.4) is 0 Å². The minimum Gasteiger partial charge on any atom is -0.376 e. The number of hydrogen-bond donors (Lipinski definition) is 2. The summed E-state index contributed by atoms with van der Waals surface area (Å²) in [5, 5.41) is 3.00. The Balaban J connectivity index is 1.82. The molecular formula is C14H26N2O3. The topological polar surface area (TPSA) is 73.6 Å². The van der Waals surface area contributed by atoms with Crippen LogP contribution in [-0.2, 0) is 14.3 Å². The van der Waals surface area contributed by atoms with E-state index in [-0.39, 0.29) is 17.4 Å². The molecule has 1 saturated heterocycles. The molecule has 0 aromatic rings. The highest BCUT2D eigenvalue weighted by Crippen LogP contribution is 2.38. The Morgan fingerprint density at radius 3 is 2.68 bits per heavy atom. The molecule has 5 nitrogen and oxygen atoms in total. The summed E-state index contributed by atoms with van der Waals surface area (Å²) in [6, 6.07) is 0. The number of hydrogen-bond acceptors (Lipinski definition) is 4. The van der Waals surface area contributed by atoms with Crippen LogP contribution in [0.1, 0.15) is 32.6 Å². The Bertz CT molecular complexity index is 295. The Kier molecular flexibility index (Phi) is 5.19. The van der Waals surface area contributed by atoms with Gasteiger partial charge in [-0.2, -0.15) is 0 Å². The van der Waals surface area contributed by atoms with Crippen LogP contribution in [-0.4, -0.2) is 44.9 Å². The Hall–Kier alpha value is -0.650. The van der Waals surface area contributed by atoms with Gasteiger partial charge < -0.3 is 20.5 Å². The first-order valence-electron chi connectivity index (χ1n) is 7.34. The molecule has 1 heterocycles. The van der Waals surface area contributed by atoms with Gasteiger partial charge in [0, 0.05) is 13.1 Å². The highest BCUT2D eigenvalue weighted by molar-refractivity contribution is 5.83. The van der Waals surface area contributed by atoms with E-state index in [2.05, 4.69) is 12.2 Å². The standard InChI is InChI=1S/C14H26N2O3/c1-11-2-4-14(10-15,5-3-11)13(17)16-8-12-9-18-6-7-19-12/h11-12H,2-10,15H2,1H3,(H,16,17). The molecule has 2 fully saturated rings. The summed E-state index contributed by atoms with van der Waals surface area (Å²) in [4.78, 5) is 12.4. The summed E-state index contributed by atoms with van der Waals surface area (Å²) in [5.74, 6) is 0.804. The molecular weight excluding hydrogens is 244 g/mol. The Labute approximate surface area is 115 Å². The second-order valence-electron chi connectivity index (χ2n) is 5.94. The summed E-state index contributed by atoms with van der Waals surface area (Å²) >= 11 is 0. The van der Waals surface area contributed by atoms with Crippen LogP contribution in [0.4, 0.5) is 0 Å². The largest absolute Gasteiger partial charge is 0.376 e. The molecule has 1 atom stereocenters. The maximum Gasteiger partial charge on any atom is 0.227 e. The zero-order chi connectivity index (χ0) is 13.7. The van der Waals surface area contributed by atoms with Gasteiger partial charge in [-0.15, -0.1) is 0 Å². The molecule has 1 aliphatic heterocycles. The van der Waals surface area contributed by atoms with Crippen molar-refractivity contribution in [2.75, 3.05) is 32.9 Å². The number of ether oxygens (including phenoxy) is 2. The number of nitrogens with two attached hydrogens (primary N) is 1. The van der Waals surface area contributed by atoms with Crippen LogP contribution in [0.5, 0.6) is 0 Å². The summed E-state index contributed by atoms with van der Waals surface area (Å²) in [7, 11) is 0. The third-order valence-electron chi connectivity index (χ3n) is 4.48. The van der Waals surface area contributed by atoms with Gasteiger partial charge in [0.1, 0.15) is 0 Å². The van der Waals surface area contributed by atoms with Crippen molar-refractivity contribution in [3.8, 4) is 0 Å². The molecule has 1 saturated carbocycles. The Morgan fingerprint density at radius 2 is 2.11 bits per heavy atom. The average Bonchev–Trinajstić information content (AvgIpc) is 2.47. The van der Waals surface area contributed by atoms with Gasteiger partial charge in [0.2, 0.25) is 5.91 Å². The molecule has 110 valence electrons. The lowest BCUT2D eigenvalue weighted by Crippen LogP contribution is -2.50. The van der Waals surface area contributed by atoms with Crippen molar-refractivity contribution in [3.63, 3.8) is 0 Å². The van der Waals surface area contributed by atoms with Crippen molar-refractivity contribution in [1.82, 2.24) is 5.32 Å². The van der Waals surface area contributed by atoms with Gasteiger partial charge in [0.15, 0.2) is 0 Å². The fourth-order valence-corrected chi connectivity index (χ4v) is 2.89. The van der Waals surface area contributed by atoms with E-state index in [4.69, 9.17) is 15.2 Å². The maximum atomic E-state index is 12.4. The van der Waals surface area contributed by atoms with Crippen LogP contribution >= 0.6 is 0 Å². The summed E-state index contributed by atoms with van der Waals surface area (Å²) < 4.78 is 10.9. The third-order valence-corrected chi connectivity index (χ3v) is 4.48. The average molecular weight is 270 g/mol. The van der Waals surface area contributed by atoms with E-state index in [1.54, 1.807) is 0 Å². The second kappa shape index (κ2) is 6.68. The van der Waals surface area contributed by atoms with Crippen molar-refractivity contribution in [2.45, 2.75) is 38.7 Å². The third kappa shape index (κ3) is 3.68. The lowest BCUT2D eigenvalue weighted by molar-refractivity contribution is -0.135. The van der Waals surface area contributed by atoms with Crippen LogP contribution in [0.15, 0.2) is 0 Å². The quantitative estimate of drug-likeness (QED) is 0.787. The van der Waals surface area contributed by atoms with E-state index < -0.39 is 0 Å². The number of nitrogens with one attached hydrogen (secondary N) is 1. The van der Waals surface area contributed by atoms with Gasteiger partial charge in [-0.1, -0.05) is 6.92 Å². The predicted molar refractivity (Wildman–Crippen MR) is 72.7 cm³/mol. The first kappa shape index (κ1) is 14.8. The summed E-state index contributed by atoms with van der Waals surface area (Å²) in [5.41, 5.74) is 5.52. The van der Waals surface area contributed by atoms with E-state index in [0.29, 0.717) is 38.8 Å². The molecule has 0 aromatic heterocycles. The first-order chi connectivity index (χ1) is 9.16. The number of carbonyl (C=O) groups is 1. The molecule has 19 heavy (non-hydrogen) atoms. The number of carbonyl (C=O) groups excluding carboxylic acids is 1. The van der Waals surface area contributed by atoms with Crippen LogP contribution < -0.4 is 11.1 Å². The van der Waals surface area contributed by atoms with E-state index in [1.165, 1.54) is 0 Å². The van der Waals surface area contributed by atoms with E-state index in [9.17, 15) is 4.79 Å². The molecule has 0 aromatic carbocycles. The van der Waals surface area contributed by atoms with Crippen LogP contribution in [0, 0.1) is 11.3 Å². The number of rotatable bonds is 4. The maximum absolute atomic E-state index is 12.4. The predicted octanol–water partition coefficient (Wildman–Crippen LogP) is 0.673. The fourth-order valence-electron chi connectivity index (χ4n) is 2.89. The minimum atomic E-state index is -0.359. The first-order valence-corrected chi connectivity index (χ1v) is 7.34. The minimum absolute atomic E-state index is 0.0185. The van der Waals surface area contributed by atoms with Gasteiger partial charge in [-0.3, -0.25) is 4.79 Å². The van der Waals surface area contributed by atoms with Gasteiger partial charge in [-0.25, -0.2) is 0 Å². The van der Waals surface area contributed by atoms with Crippen LogP contribution in [0.25, 0.3) is 0 Å². The zero-order valence-corrected chi connectivity index (χ0v) is 11.8. The van der Waals surface area contributed by atoms with Crippen molar-refractivity contribution in [1.29, 1.82) is 0 Å². The molecule has 3 N–H and O–H groups in total. The number of amides is 1. The van der Waals surface area contributed by atoms with Crippen molar-refractivity contribution < 1.29 is 14.3 Å². The molecule has 1 aliphatic carbocycles. The molecule has 0 bridgehead atoms. The molecule has 0 radical (unpaired) electrons. The van der Waals surface area contributed by atoms with Crippen molar-refractivity contribution in [2.24, 2.45) is 17.1 Å². The zero-order valence-electron chi connectivity index (χ0n) is 11.8. The summed E-state index contributed by atoms with van der Waals surface area (Å²) in [6.45, 7) is 5.03. The molecule has 2 aliphatic rings. The van der Waals surface area contributed by atoms with Gasteiger partial charge in [0.05, 0.1) is 31.3 Å². The highest BCUT2D eigenvalue weighted by atomic mass is 16.6. The van der Waals surface area contributed by atoms with Crippen molar-refractivity contribution >= 4 is 5.91 Å². The SMILES string of the molecule is CC1CCC(CN)(C(=O)NCC2COCCO2)CC1. The van der Waals surface area contributed by atoms with Gasteiger partial charge in [0.25, 0.3) is 0 Å². The van der Waals surface area contributed by atoms with Crippen LogP contribution in [0.2, 0.25) is 0 Å². The summed E-state index contributed by atoms with van der Waals surface area (Å²) in [6.07, 6.45) is 3.97. The molecule has 5 heteroatoms. The Morgan fingerprint density at radius 1 is 1.37 bits per heavy atom. The monoisotopic (exact) mass is 270 g/mol. The molecule has 2 rings (SSSR count). The van der Waals surface area contributed by atoms with Gasteiger partial charge in [-0.05, 0) is 31.6 Å². The van der Waals surface area contributed by atoms with Gasteiger partial charge >= 0.3 is 0 Å².